The van der Waals surface area contributed by atoms with Crippen LogP contribution in [0.5, 0.6) is 11.5 Å². The van der Waals surface area contributed by atoms with Crippen molar-refractivity contribution in [2.75, 3.05) is 14.2 Å². The second-order valence-corrected chi connectivity index (χ2v) is 9.44. The van der Waals surface area contributed by atoms with E-state index in [-0.39, 0.29) is 23.8 Å². The maximum absolute atomic E-state index is 13.8. The van der Waals surface area contributed by atoms with Crippen molar-refractivity contribution in [2.24, 2.45) is 0 Å². The molecule has 0 spiro atoms. The normalized spacial score (nSPS) is 19.9. The lowest BCUT2D eigenvalue weighted by Crippen LogP contribution is -2.36. The lowest BCUT2D eigenvalue weighted by atomic mass is 9.71. The van der Waals surface area contributed by atoms with Crippen LogP contribution < -0.4 is 14.8 Å². The number of carbonyl (C=O) groups excluding carboxylic acids is 2. The van der Waals surface area contributed by atoms with Crippen molar-refractivity contribution in [3.05, 3.63) is 81.7 Å². The van der Waals surface area contributed by atoms with E-state index < -0.39 is 5.92 Å². The minimum Gasteiger partial charge on any atom is -0.493 e. The summed E-state index contributed by atoms with van der Waals surface area (Å²) >= 11 is 0. The molecule has 1 aliphatic carbocycles. The Morgan fingerprint density at radius 1 is 1.00 bits per heavy atom. The van der Waals surface area contributed by atoms with Crippen molar-refractivity contribution in [2.45, 2.75) is 58.5 Å². The van der Waals surface area contributed by atoms with E-state index in [9.17, 15) is 9.59 Å². The second-order valence-electron chi connectivity index (χ2n) is 9.44. The highest BCUT2D eigenvalue weighted by Crippen LogP contribution is 2.47. The number of benzene rings is 2. The van der Waals surface area contributed by atoms with Gasteiger partial charge in [-0.25, -0.2) is 4.79 Å². The van der Waals surface area contributed by atoms with Crippen LogP contribution in [0.25, 0.3) is 0 Å². The number of aryl methyl sites for hydroxylation is 1. The monoisotopic (exact) mass is 475 g/mol. The Morgan fingerprint density at radius 3 is 2.37 bits per heavy atom. The lowest BCUT2D eigenvalue weighted by molar-refractivity contribution is -0.143. The number of hydrogen-bond acceptors (Lipinski definition) is 6. The van der Waals surface area contributed by atoms with Crippen molar-refractivity contribution < 1.29 is 23.8 Å². The van der Waals surface area contributed by atoms with Gasteiger partial charge in [0.05, 0.1) is 25.9 Å². The van der Waals surface area contributed by atoms with Crippen molar-refractivity contribution >= 4 is 11.8 Å². The van der Waals surface area contributed by atoms with E-state index >= 15 is 0 Å². The zero-order chi connectivity index (χ0) is 25.3. The van der Waals surface area contributed by atoms with Gasteiger partial charge in [0.15, 0.2) is 17.3 Å². The first-order valence-electron chi connectivity index (χ1n) is 12.0. The fourth-order valence-corrected chi connectivity index (χ4v) is 5.15. The predicted molar refractivity (Wildman–Crippen MR) is 135 cm³/mol. The van der Waals surface area contributed by atoms with Crippen molar-refractivity contribution in [1.29, 1.82) is 0 Å². The zero-order valence-corrected chi connectivity index (χ0v) is 21.2. The molecule has 0 unspecified atom stereocenters. The van der Waals surface area contributed by atoms with Gasteiger partial charge in [-0.3, -0.25) is 4.79 Å². The van der Waals surface area contributed by atoms with Gasteiger partial charge in [-0.1, -0.05) is 30.3 Å². The number of rotatable bonds is 6. The molecule has 0 amide bonds. The molecule has 1 aliphatic heterocycles. The Bertz CT molecular complexity index is 1220. The van der Waals surface area contributed by atoms with Crippen LogP contribution in [0.15, 0.2) is 65.0 Å². The van der Waals surface area contributed by atoms with Gasteiger partial charge in [0.2, 0.25) is 0 Å². The third kappa shape index (κ3) is 4.70. The molecule has 1 N–H and O–H groups in total. The van der Waals surface area contributed by atoms with Crippen LogP contribution in [0, 0.1) is 6.92 Å². The first-order chi connectivity index (χ1) is 16.7. The van der Waals surface area contributed by atoms with E-state index in [0.29, 0.717) is 35.5 Å². The summed E-state index contributed by atoms with van der Waals surface area (Å²) in [5.74, 6) is 0.469. The van der Waals surface area contributed by atoms with Crippen LogP contribution in [0.4, 0.5) is 0 Å². The summed E-state index contributed by atoms with van der Waals surface area (Å²) in [7, 11) is 3.21. The molecule has 0 fully saturated rings. The molecule has 4 rings (SSSR count). The zero-order valence-electron chi connectivity index (χ0n) is 21.2. The molecule has 0 aromatic heterocycles. The minimum absolute atomic E-state index is 0.0111. The van der Waals surface area contributed by atoms with Gasteiger partial charge in [0.25, 0.3) is 0 Å². The Hall–Kier alpha value is -3.54. The number of esters is 1. The number of ketones is 1. The molecule has 184 valence electrons. The molecule has 6 nitrogen and oxygen atoms in total. The van der Waals surface area contributed by atoms with Gasteiger partial charge in [-0.05, 0) is 68.9 Å². The number of carbonyl (C=O) groups is 2. The molecule has 0 bridgehead atoms. The molecular formula is C29H33NO5. The maximum Gasteiger partial charge on any atom is 0.337 e. The Kier molecular flexibility index (Phi) is 7.01. The summed E-state index contributed by atoms with van der Waals surface area (Å²) in [6, 6.07) is 13.7. The van der Waals surface area contributed by atoms with Crippen LogP contribution >= 0.6 is 0 Å². The maximum atomic E-state index is 13.8. The average molecular weight is 476 g/mol. The summed E-state index contributed by atoms with van der Waals surface area (Å²) in [4.78, 5) is 27.0. The number of dihydropyridines is 1. The van der Waals surface area contributed by atoms with E-state index in [4.69, 9.17) is 14.2 Å². The molecule has 6 heteroatoms. The number of Topliss-reactive ketones (excluding diaryl/α,β-unsaturated/α-hetero) is 1. The molecule has 2 aromatic rings. The van der Waals surface area contributed by atoms with Gasteiger partial charge >= 0.3 is 5.97 Å². The average Bonchev–Trinajstić information content (AvgIpc) is 2.82. The summed E-state index contributed by atoms with van der Waals surface area (Å²) in [5, 5.41) is 3.40. The minimum atomic E-state index is -0.461. The van der Waals surface area contributed by atoms with Gasteiger partial charge in [-0.15, -0.1) is 0 Å². The first kappa shape index (κ1) is 24.6. The molecule has 1 heterocycles. The largest absolute Gasteiger partial charge is 0.493 e. The van der Waals surface area contributed by atoms with Crippen LogP contribution in [0.1, 0.15) is 62.1 Å². The first-order valence-corrected chi connectivity index (χ1v) is 12.0. The molecule has 2 aromatic carbocycles. The third-order valence-corrected chi connectivity index (χ3v) is 6.77. The fourth-order valence-electron chi connectivity index (χ4n) is 5.15. The predicted octanol–water partition coefficient (Wildman–Crippen LogP) is 5.33. The SMILES string of the molecule is COc1ccc([C@H]2CC(=O)C3=C(C2)NC(C)=C(C(=O)OC(C)C)[C@H]3c2ccccc2C)cc1OC. The highest BCUT2D eigenvalue weighted by Gasteiger charge is 2.42. The smallest absolute Gasteiger partial charge is 0.337 e. The van der Waals surface area contributed by atoms with Gasteiger partial charge in [0, 0.05) is 29.3 Å². The Morgan fingerprint density at radius 2 is 1.71 bits per heavy atom. The summed E-state index contributed by atoms with van der Waals surface area (Å²) in [5.41, 5.74) is 5.76. The van der Waals surface area contributed by atoms with Crippen molar-refractivity contribution in [3.8, 4) is 11.5 Å². The molecular weight excluding hydrogens is 442 g/mol. The molecule has 0 radical (unpaired) electrons. The quantitative estimate of drug-likeness (QED) is 0.570. The highest BCUT2D eigenvalue weighted by molar-refractivity contribution is 6.04. The van der Waals surface area contributed by atoms with Gasteiger partial charge < -0.3 is 19.5 Å². The van der Waals surface area contributed by atoms with E-state index in [0.717, 1.165) is 28.1 Å². The molecule has 0 saturated carbocycles. The number of hydrogen-bond donors (Lipinski definition) is 1. The Balaban J connectivity index is 1.79. The van der Waals surface area contributed by atoms with Crippen LogP contribution in [-0.2, 0) is 14.3 Å². The number of ether oxygens (including phenoxy) is 3. The number of nitrogens with one attached hydrogen (secondary N) is 1. The topological polar surface area (TPSA) is 73.9 Å². The summed E-state index contributed by atoms with van der Waals surface area (Å²) in [6.45, 7) is 7.56. The Labute approximate surface area is 207 Å². The van der Waals surface area contributed by atoms with Crippen LogP contribution in [-0.4, -0.2) is 32.1 Å². The molecule has 0 saturated heterocycles. The molecule has 2 aliphatic rings. The van der Waals surface area contributed by atoms with E-state index in [1.54, 1.807) is 14.2 Å². The molecule has 2 atom stereocenters. The highest BCUT2D eigenvalue weighted by atomic mass is 16.5. The fraction of sp³-hybridized carbons (Fsp3) is 0.379. The van der Waals surface area contributed by atoms with E-state index in [2.05, 4.69) is 5.32 Å². The standard InChI is InChI=1S/C29H33NO5/c1-16(2)35-29(32)26-18(4)30-22-13-20(19-11-12-24(33-5)25(15-19)34-6)14-23(31)28(22)27(26)21-10-8-7-9-17(21)3/h7-12,15-16,20,27,30H,13-14H2,1-6H3/t20-,27-/m1/s1. The van der Waals surface area contributed by atoms with Crippen molar-refractivity contribution in [3.63, 3.8) is 0 Å². The van der Waals surface area contributed by atoms with Crippen molar-refractivity contribution in [1.82, 2.24) is 5.32 Å². The van der Waals surface area contributed by atoms with Gasteiger partial charge in [0.1, 0.15) is 0 Å². The summed E-state index contributed by atoms with van der Waals surface area (Å²) < 4.78 is 16.5. The van der Waals surface area contributed by atoms with E-state index in [1.807, 2.05) is 70.2 Å². The third-order valence-electron chi connectivity index (χ3n) is 6.77. The van der Waals surface area contributed by atoms with E-state index in [1.165, 1.54) is 0 Å². The molecule has 35 heavy (non-hydrogen) atoms. The summed E-state index contributed by atoms with van der Waals surface area (Å²) in [6.07, 6.45) is 0.749. The van der Waals surface area contributed by atoms with Crippen LogP contribution in [0.2, 0.25) is 0 Å². The van der Waals surface area contributed by atoms with Gasteiger partial charge in [-0.2, -0.15) is 0 Å². The number of allylic oxidation sites excluding steroid dienone is 3. The van der Waals surface area contributed by atoms with Crippen LogP contribution in [0.3, 0.4) is 0 Å². The number of methoxy groups -OCH3 is 2. The lowest BCUT2D eigenvalue weighted by Gasteiger charge is -2.37. The second kappa shape index (κ2) is 9.98.